The number of rotatable bonds is 7. The predicted octanol–water partition coefficient (Wildman–Crippen LogP) is 4.03. The van der Waals surface area contributed by atoms with E-state index in [4.69, 9.17) is 4.74 Å². The Morgan fingerprint density at radius 3 is 2.73 bits per heavy atom. The highest BCUT2D eigenvalue weighted by Crippen LogP contribution is 2.27. The van der Waals surface area contributed by atoms with Crippen molar-refractivity contribution in [3.05, 3.63) is 70.0 Å². The molecule has 0 heterocycles. The van der Waals surface area contributed by atoms with Crippen molar-refractivity contribution in [2.75, 3.05) is 27.7 Å². The molecule has 0 aliphatic rings. The van der Waals surface area contributed by atoms with Crippen molar-refractivity contribution >= 4 is 27.9 Å². The molecule has 1 amide bonds. The number of hydrogen-bond acceptors (Lipinski definition) is 3. The molecule has 1 unspecified atom stereocenters. The van der Waals surface area contributed by atoms with Crippen LogP contribution in [0.2, 0.25) is 0 Å². The van der Waals surface area contributed by atoms with Crippen molar-refractivity contribution < 1.29 is 13.9 Å². The first kappa shape index (κ1) is 20.1. The number of nitrogens with zero attached hydrogens (tertiary/aromatic N) is 1. The summed E-state index contributed by atoms with van der Waals surface area (Å²) in [5.74, 6) is 0.107. The van der Waals surface area contributed by atoms with E-state index in [1.165, 1.54) is 18.2 Å². The van der Waals surface area contributed by atoms with Crippen molar-refractivity contribution in [3.63, 3.8) is 0 Å². The van der Waals surface area contributed by atoms with Crippen molar-refractivity contribution in [1.29, 1.82) is 0 Å². The van der Waals surface area contributed by atoms with Crippen LogP contribution in [0.15, 0.2) is 53.0 Å². The smallest absolute Gasteiger partial charge is 0.244 e. The monoisotopic (exact) mass is 420 g/mol. The van der Waals surface area contributed by atoms with Gasteiger partial charge in [0.2, 0.25) is 5.91 Å². The summed E-state index contributed by atoms with van der Waals surface area (Å²) >= 11 is 3.29. The summed E-state index contributed by atoms with van der Waals surface area (Å²) in [4.78, 5) is 14.2. The van der Waals surface area contributed by atoms with Gasteiger partial charge < -0.3 is 15.0 Å². The summed E-state index contributed by atoms with van der Waals surface area (Å²) in [5, 5.41) is 2.86. The number of halogens is 2. The molecule has 0 bridgehead atoms. The van der Waals surface area contributed by atoms with E-state index in [0.717, 1.165) is 15.8 Å². The lowest BCUT2D eigenvalue weighted by Crippen LogP contribution is -2.34. The van der Waals surface area contributed by atoms with Crippen LogP contribution in [0.1, 0.15) is 17.2 Å². The molecular formula is C20H22BrFN2O2. The Labute approximate surface area is 161 Å². The minimum Gasteiger partial charge on any atom is -0.496 e. The van der Waals surface area contributed by atoms with E-state index in [2.05, 4.69) is 21.2 Å². The third kappa shape index (κ3) is 5.41. The molecule has 0 fully saturated rings. The zero-order valence-corrected chi connectivity index (χ0v) is 16.6. The van der Waals surface area contributed by atoms with Gasteiger partial charge in [-0.05, 0) is 44.4 Å². The zero-order valence-electron chi connectivity index (χ0n) is 15.0. The second-order valence-corrected chi connectivity index (χ2v) is 6.88. The predicted molar refractivity (Wildman–Crippen MR) is 106 cm³/mol. The standard InChI is InChI=1S/C20H22BrFN2O2/c1-24(2)18(16-6-4-5-7-19(16)26-3)13-23-20(25)11-8-14-12-15(21)9-10-17(14)22/h4-12,18H,13H2,1-3H3,(H,23,25)/b11-8+. The second kappa shape index (κ2) is 9.50. The SMILES string of the molecule is COc1ccccc1C(CNC(=O)/C=C/c1cc(Br)ccc1F)N(C)C. The Kier molecular flexibility index (Phi) is 7.36. The largest absolute Gasteiger partial charge is 0.496 e. The molecule has 0 aromatic heterocycles. The first-order chi connectivity index (χ1) is 12.4. The topological polar surface area (TPSA) is 41.6 Å². The first-order valence-electron chi connectivity index (χ1n) is 8.12. The Bertz CT molecular complexity index is 793. The average molecular weight is 421 g/mol. The molecule has 1 N–H and O–H groups in total. The molecule has 26 heavy (non-hydrogen) atoms. The van der Waals surface area contributed by atoms with Gasteiger partial charge in [-0.15, -0.1) is 0 Å². The Morgan fingerprint density at radius 2 is 2.04 bits per heavy atom. The van der Waals surface area contributed by atoms with E-state index in [9.17, 15) is 9.18 Å². The fourth-order valence-corrected chi connectivity index (χ4v) is 2.96. The van der Waals surface area contributed by atoms with Gasteiger partial charge in [-0.25, -0.2) is 4.39 Å². The van der Waals surface area contributed by atoms with Crippen LogP contribution in [-0.4, -0.2) is 38.6 Å². The Balaban J connectivity index is 2.06. The molecule has 2 rings (SSSR count). The highest BCUT2D eigenvalue weighted by Gasteiger charge is 2.18. The van der Waals surface area contributed by atoms with E-state index in [1.54, 1.807) is 19.2 Å². The summed E-state index contributed by atoms with van der Waals surface area (Å²) < 4.78 is 19.9. The number of amides is 1. The van der Waals surface area contributed by atoms with Gasteiger partial charge in [-0.2, -0.15) is 0 Å². The molecule has 0 aliphatic heterocycles. The van der Waals surface area contributed by atoms with E-state index in [-0.39, 0.29) is 17.8 Å². The number of nitrogens with one attached hydrogen (secondary N) is 1. The van der Waals surface area contributed by atoms with Crippen LogP contribution in [0.25, 0.3) is 6.08 Å². The number of ether oxygens (including phenoxy) is 1. The summed E-state index contributed by atoms with van der Waals surface area (Å²) in [5.41, 5.74) is 1.34. The van der Waals surface area contributed by atoms with Gasteiger partial charge in [0.15, 0.2) is 0 Å². The second-order valence-electron chi connectivity index (χ2n) is 5.97. The van der Waals surface area contributed by atoms with Crippen LogP contribution in [0, 0.1) is 5.82 Å². The molecule has 6 heteroatoms. The van der Waals surface area contributed by atoms with Crippen LogP contribution >= 0.6 is 15.9 Å². The molecule has 2 aromatic rings. The van der Waals surface area contributed by atoms with Gasteiger partial charge in [0, 0.05) is 28.2 Å². The number of benzene rings is 2. The van der Waals surface area contributed by atoms with E-state index >= 15 is 0 Å². The number of likely N-dealkylation sites (N-methyl/N-ethyl adjacent to an activating group) is 1. The van der Waals surface area contributed by atoms with Crippen LogP contribution in [0.4, 0.5) is 4.39 Å². The zero-order chi connectivity index (χ0) is 19.1. The summed E-state index contributed by atoms with van der Waals surface area (Å²) in [6.07, 6.45) is 2.79. The van der Waals surface area contributed by atoms with Gasteiger partial charge in [0.25, 0.3) is 0 Å². The maximum absolute atomic E-state index is 13.7. The van der Waals surface area contributed by atoms with Crippen molar-refractivity contribution in [3.8, 4) is 5.75 Å². The summed E-state index contributed by atoms with van der Waals surface area (Å²) in [7, 11) is 5.51. The first-order valence-corrected chi connectivity index (χ1v) is 8.92. The van der Waals surface area contributed by atoms with E-state index in [1.807, 2.05) is 43.3 Å². The van der Waals surface area contributed by atoms with Gasteiger partial charge in [0.05, 0.1) is 13.2 Å². The maximum Gasteiger partial charge on any atom is 0.244 e. The highest BCUT2D eigenvalue weighted by atomic mass is 79.9. The summed E-state index contributed by atoms with van der Waals surface area (Å²) in [6.45, 7) is 0.400. The molecule has 1 atom stereocenters. The van der Waals surface area contributed by atoms with Gasteiger partial charge >= 0.3 is 0 Å². The molecule has 4 nitrogen and oxygen atoms in total. The van der Waals surface area contributed by atoms with Gasteiger partial charge in [-0.3, -0.25) is 4.79 Å². The molecular weight excluding hydrogens is 399 g/mol. The number of para-hydroxylation sites is 1. The van der Waals surface area contributed by atoms with Crippen molar-refractivity contribution in [2.45, 2.75) is 6.04 Å². The summed E-state index contributed by atoms with van der Waals surface area (Å²) in [6, 6.07) is 12.2. The van der Waals surface area contributed by atoms with Crippen LogP contribution in [0.5, 0.6) is 5.75 Å². The number of carbonyl (C=O) groups is 1. The quantitative estimate of drug-likeness (QED) is 0.687. The highest BCUT2D eigenvalue weighted by molar-refractivity contribution is 9.10. The molecule has 138 valence electrons. The van der Waals surface area contributed by atoms with Gasteiger partial charge in [0.1, 0.15) is 11.6 Å². The lowest BCUT2D eigenvalue weighted by molar-refractivity contribution is -0.116. The van der Waals surface area contributed by atoms with Crippen molar-refractivity contribution in [1.82, 2.24) is 10.2 Å². The minimum atomic E-state index is -0.377. The van der Waals surface area contributed by atoms with Crippen LogP contribution in [-0.2, 0) is 4.79 Å². The number of methoxy groups -OCH3 is 1. The fraction of sp³-hybridized carbons (Fsp3) is 0.250. The molecule has 0 aliphatic carbocycles. The third-order valence-corrected chi connectivity index (χ3v) is 4.46. The number of hydrogen-bond donors (Lipinski definition) is 1. The molecule has 0 saturated heterocycles. The molecule has 2 aromatic carbocycles. The molecule has 0 radical (unpaired) electrons. The fourth-order valence-electron chi connectivity index (χ4n) is 2.58. The lowest BCUT2D eigenvalue weighted by atomic mass is 10.0. The van der Waals surface area contributed by atoms with Gasteiger partial charge in [-0.1, -0.05) is 34.1 Å². The Morgan fingerprint density at radius 1 is 1.31 bits per heavy atom. The lowest BCUT2D eigenvalue weighted by Gasteiger charge is -2.26. The van der Waals surface area contributed by atoms with E-state index in [0.29, 0.717) is 12.1 Å². The number of carbonyl (C=O) groups excluding carboxylic acids is 1. The van der Waals surface area contributed by atoms with Crippen LogP contribution < -0.4 is 10.1 Å². The minimum absolute atomic E-state index is 0.0499. The third-order valence-electron chi connectivity index (χ3n) is 3.96. The molecule has 0 saturated carbocycles. The maximum atomic E-state index is 13.7. The average Bonchev–Trinajstić information content (AvgIpc) is 2.62. The normalized spacial score (nSPS) is 12.4. The Hall–Kier alpha value is -2.18. The van der Waals surface area contributed by atoms with E-state index < -0.39 is 0 Å². The van der Waals surface area contributed by atoms with Crippen molar-refractivity contribution in [2.24, 2.45) is 0 Å². The van der Waals surface area contributed by atoms with Crippen LogP contribution in [0.3, 0.4) is 0 Å². The molecule has 0 spiro atoms.